The van der Waals surface area contributed by atoms with Crippen molar-refractivity contribution in [2.24, 2.45) is 0 Å². The van der Waals surface area contributed by atoms with E-state index in [2.05, 4.69) is 143 Å². The van der Waals surface area contributed by atoms with Crippen LogP contribution in [0.3, 0.4) is 0 Å². The molecule has 1 aliphatic carbocycles. The summed E-state index contributed by atoms with van der Waals surface area (Å²) in [5, 5.41) is 3.67. The Morgan fingerprint density at radius 1 is 0.500 bits per heavy atom. The molecular formula is C46H38N2OSi. The van der Waals surface area contributed by atoms with Crippen molar-refractivity contribution in [3.8, 4) is 56.2 Å². The van der Waals surface area contributed by atoms with E-state index in [0.717, 1.165) is 55.6 Å². The van der Waals surface area contributed by atoms with Gasteiger partial charge in [-0.15, -0.1) is 0 Å². The second kappa shape index (κ2) is 11.2. The van der Waals surface area contributed by atoms with Crippen LogP contribution in [0.25, 0.3) is 78.1 Å². The highest BCUT2D eigenvalue weighted by atomic mass is 28.3. The topological polar surface area (TPSA) is 38.9 Å². The molecule has 8 aromatic rings. The molecule has 1 aliphatic rings. The van der Waals surface area contributed by atoms with Gasteiger partial charge in [0.15, 0.2) is 5.82 Å². The zero-order valence-electron chi connectivity index (χ0n) is 29.1. The van der Waals surface area contributed by atoms with Crippen LogP contribution in [0.1, 0.15) is 25.0 Å². The van der Waals surface area contributed by atoms with Crippen LogP contribution in [0.2, 0.25) is 19.6 Å². The van der Waals surface area contributed by atoms with Gasteiger partial charge in [0.05, 0.1) is 19.5 Å². The van der Waals surface area contributed by atoms with Crippen molar-refractivity contribution in [2.45, 2.75) is 38.9 Å². The minimum absolute atomic E-state index is 0.0751. The Kier molecular flexibility index (Phi) is 6.84. The maximum atomic E-state index is 6.25. The molecule has 0 aliphatic heterocycles. The number of benzene rings is 6. The summed E-state index contributed by atoms with van der Waals surface area (Å²) in [7, 11) is -1.43. The summed E-state index contributed by atoms with van der Waals surface area (Å²) >= 11 is 0. The van der Waals surface area contributed by atoms with Crippen molar-refractivity contribution >= 4 is 35.2 Å². The standard InChI is InChI=1S/C46H38N2OSi/c1-46(2)38-26-31(21-23-34(38)35-24-22-33(27-39(35)46)50(3,4)5)30-15-11-16-32(25-30)45-47-40(29-13-7-6-8-14-29)28-41(48-45)36-18-12-20-43-44(36)37-17-9-10-19-42(37)49-43/h6-28H,1-5H3. The van der Waals surface area contributed by atoms with Crippen molar-refractivity contribution < 1.29 is 4.42 Å². The number of hydrogen-bond acceptors (Lipinski definition) is 3. The summed E-state index contributed by atoms with van der Waals surface area (Å²) in [4.78, 5) is 10.4. The summed E-state index contributed by atoms with van der Waals surface area (Å²) < 4.78 is 6.25. The van der Waals surface area contributed by atoms with Crippen LogP contribution < -0.4 is 5.19 Å². The van der Waals surface area contributed by atoms with Crippen LogP contribution in [0.4, 0.5) is 0 Å². The lowest BCUT2D eigenvalue weighted by Gasteiger charge is -2.24. The zero-order valence-corrected chi connectivity index (χ0v) is 30.1. The number of nitrogens with zero attached hydrogens (tertiary/aromatic N) is 2. The number of fused-ring (bicyclic) bond motifs is 6. The molecular weight excluding hydrogens is 625 g/mol. The molecule has 9 rings (SSSR count). The zero-order chi connectivity index (χ0) is 34.2. The molecule has 6 aromatic carbocycles. The van der Waals surface area contributed by atoms with E-state index >= 15 is 0 Å². The van der Waals surface area contributed by atoms with E-state index in [1.54, 1.807) is 0 Å². The minimum atomic E-state index is -1.43. The molecule has 0 fully saturated rings. The Morgan fingerprint density at radius 2 is 1.14 bits per heavy atom. The maximum Gasteiger partial charge on any atom is 0.160 e. The van der Waals surface area contributed by atoms with Crippen molar-refractivity contribution in [3.63, 3.8) is 0 Å². The Balaban J connectivity index is 1.17. The molecule has 50 heavy (non-hydrogen) atoms. The van der Waals surface area contributed by atoms with Gasteiger partial charge in [-0.3, -0.25) is 0 Å². The first-order chi connectivity index (χ1) is 24.1. The van der Waals surface area contributed by atoms with Gasteiger partial charge in [0.2, 0.25) is 0 Å². The van der Waals surface area contributed by atoms with Gasteiger partial charge in [-0.2, -0.15) is 0 Å². The van der Waals surface area contributed by atoms with E-state index in [0.29, 0.717) is 5.82 Å². The third-order valence-corrected chi connectivity index (χ3v) is 12.5. The fourth-order valence-corrected chi connectivity index (χ4v) is 8.84. The number of rotatable bonds is 5. The van der Waals surface area contributed by atoms with Crippen LogP contribution in [0, 0.1) is 0 Å². The number of aromatic nitrogens is 2. The maximum absolute atomic E-state index is 6.25. The first kappa shape index (κ1) is 30.5. The van der Waals surface area contributed by atoms with Gasteiger partial charge >= 0.3 is 0 Å². The van der Waals surface area contributed by atoms with E-state index in [-0.39, 0.29) is 5.41 Å². The molecule has 3 nitrogen and oxygen atoms in total. The van der Waals surface area contributed by atoms with E-state index in [1.165, 1.54) is 33.0 Å². The number of hydrogen-bond donors (Lipinski definition) is 0. The van der Waals surface area contributed by atoms with Gasteiger partial charge in [-0.05, 0) is 63.7 Å². The molecule has 0 atom stereocenters. The summed E-state index contributed by atoms with van der Waals surface area (Å²) in [6.45, 7) is 12.0. The van der Waals surface area contributed by atoms with E-state index in [4.69, 9.17) is 14.4 Å². The lowest BCUT2D eigenvalue weighted by atomic mass is 9.81. The Hall–Kier alpha value is -5.58. The second-order valence-corrected chi connectivity index (χ2v) is 20.2. The molecule has 2 heterocycles. The Labute approximate surface area is 294 Å². The Bertz CT molecular complexity index is 2610. The summed E-state index contributed by atoms with van der Waals surface area (Å²) in [6, 6.07) is 49.8. The average molecular weight is 663 g/mol. The molecule has 0 radical (unpaired) electrons. The highest BCUT2D eigenvalue weighted by Gasteiger charge is 2.36. The SMILES string of the molecule is CC1(C)c2cc(-c3cccc(-c4nc(-c5ccccc5)cc(-c5cccc6oc7ccccc7c56)n4)c3)ccc2-c2ccc([Si](C)(C)C)cc21. The van der Waals surface area contributed by atoms with Crippen molar-refractivity contribution in [2.75, 3.05) is 0 Å². The van der Waals surface area contributed by atoms with Crippen molar-refractivity contribution in [3.05, 3.63) is 151 Å². The smallest absolute Gasteiger partial charge is 0.160 e. The minimum Gasteiger partial charge on any atom is -0.456 e. The molecule has 0 unspecified atom stereocenters. The molecule has 0 bridgehead atoms. The summed E-state index contributed by atoms with van der Waals surface area (Å²) in [5.41, 5.74) is 14.3. The lowest BCUT2D eigenvalue weighted by Crippen LogP contribution is -2.38. The Morgan fingerprint density at radius 3 is 1.96 bits per heavy atom. The third kappa shape index (κ3) is 4.94. The molecule has 0 saturated carbocycles. The molecule has 242 valence electrons. The highest BCUT2D eigenvalue weighted by Crippen LogP contribution is 2.49. The highest BCUT2D eigenvalue weighted by molar-refractivity contribution is 6.88. The second-order valence-electron chi connectivity index (χ2n) is 15.1. The van der Waals surface area contributed by atoms with Crippen LogP contribution in [0.5, 0.6) is 0 Å². The van der Waals surface area contributed by atoms with Crippen LogP contribution >= 0.6 is 0 Å². The van der Waals surface area contributed by atoms with E-state index in [9.17, 15) is 0 Å². The quantitative estimate of drug-likeness (QED) is 0.172. The normalized spacial score (nSPS) is 13.5. The molecule has 0 amide bonds. The van der Waals surface area contributed by atoms with Crippen LogP contribution in [-0.2, 0) is 5.41 Å². The lowest BCUT2D eigenvalue weighted by molar-refractivity contribution is 0.661. The number of para-hydroxylation sites is 1. The van der Waals surface area contributed by atoms with E-state index in [1.807, 2.05) is 30.3 Å². The predicted molar refractivity (Wildman–Crippen MR) is 212 cm³/mol. The first-order valence-corrected chi connectivity index (χ1v) is 20.9. The molecule has 0 N–H and O–H groups in total. The summed E-state index contributed by atoms with van der Waals surface area (Å²) in [5.74, 6) is 0.695. The molecule has 4 heteroatoms. The van der Waals surface area contributed by atoms with E-state index < -0.39 is 8.07 Å². The van der Waals surface area contributed by atoms with Crippen LogP contribution in [0.15, 0.2) is 144 Å². The first-order valence-electron chi connectivity index (χ1n) is 17.4. The predicted octanol–water partition coefficient (Wildman–Crippen LogP) is 11.9. The largest absolute Gasteiger partial charge is 0.456 e. The van der Waals surface area contributed by atoms with Gasteiger partial charge in [0, 0.05) is 32.9 Å². The van der Waals surface area contributed by atoms with Crippen LogP contribution in [-0.4, -0.2) is 18.0 Å². The molecule has 0 saturated heterocycles. The third-order valence-electron chi connectivity index (χ3n) is 10.5. The average Bonchev–Trinajstić information content (AvgIpc) is 3.63. The molecule has 2 aromatic heterocycles. The fraction of sp³-hybridized carbons (Fsp3) is 0.130. The van der Waals surface area contributed by atoms with Crippen molar-refractivity contribution in [1.82, 2.24) is 9.97 Å². The fourth-order valence-electron chi connectivity index (χ4n) is 7.68. The van der Waals surface area contributed by atoms with Crippen molar-refractivity contribution in [1.29, 1.82) is 0 Å². The number of furan rings is 1. The molecule has 0 spiro atoms. The van der Waals surface area contributed by atoms with Gasteiger partial charge in [-0.25, -0.2) is 9.97 Å². The van der Waals surface area contributed by atoms with Gasteiger partial charge in [0.25, 0.3) is 0 Å². The van der Waals surface area contributed by atoms with Gasteiger partial charge in [-0.1, -0.05) is 148 Å². The summed E-state index contributed by atoms with van der Waals surface area (Å²) in [6.07, 6.45) is 0. The van der Waals surface area contributed by atoms with Gasteiger partial charge in [0.1, 0.15) is 11.2 Å². The van der Waals surface area contributed by atoms with Gasteiger partial charge < -0.3 is 4.42 Å². The monoisotopic (exact) mass is 662 g/mol.